The molecule has 2 nitrogen and oxygen atoms in total. The smallest absolute Gasteiger partial charge is 0.254 e. The summed E-state index contributed by atoms with van der Waals surface area (Å²) >= 11 is 0. The minimum Gasteiger partial charge on any atom is -0.333 e. The summed E-state index contributed by atoms with van der Waals surface area (Å²) in [6, 6.07) is 8.81. The predicted octanol–water partition coefficient (Wildman–Crippen LogP) is 3.82. The van der Waals surface area contributed by atoms with Crippen molar-refractivity contribution >= 4 is 5.91 Å². The molecule has 1 fully saturated rings. The van der Waals surface area contributed by atoms with Crippen molar-refractivity contribution in [3.63, 3.8) is 0 Å². The van der Waals surface area contributed by atoms with Gasteiger partial charge >= 0.3 is 0 Å². The van der Waals surface area contributed by atoms with E-state index in [1.807, 2.05) is 23.1 Å². The summed E-state index contributed by atoms with van der Waals surface area (Å²) < 4.78 is 0. The summed E-state index contributed by atoms with van der Waals surface area (Å²) in [6.07, 6.45) is 2.24. The molecule has 1 heterocycles. The molecular weight excluding hydrogens is 222 g/mol. The molecule has 0 aromatic heterocycles. The topological polar surface area (TPSA) is 20.3 Å². The number of hydrogen-bond donors (Lipinski definition) is 0. The summed E-state index contributed by atoms with van der Waals surface area (Å²) in [5, 5.41) is 0. The van der Waals surface area contributed by atoms with Crippen molar-refractivity contribution in [1.29, 1.82) is 0 Å². The SMILES string of the molecule is CC(C)c1cccc(C(=O)N2[C@H](C)CC[C@H]2C)c1. The average molecular weight is 245 g/mol. The van der Waals surface area contributed by atoms with E-state index in [1.54, 1.807) is 0 Å². The van der Waals surface area contributed by atoms with E-state index in [1.165, 1.54) is 5.56 Å². The molecule has 1 aromatic carbocycles. The minimum absolute atomic E-state index is 0.190. The second-order valence-corrected chi connectivity index (χ2v) is 5.77. The molecule has 0 saturated carbocycles. The molecule has 18 heavy (non-hydrogen) atoms. The second-order valence-electron chi connectivity index (χ2n) is 5.77. The normalized spacial score (nSPS) is 23.7. The van der Waals surface area contributed by atoms with E-state index >= 15 is 0 Å². The van der Waals surface area contributed by atoms with Gasteiger partial charge in [0.25, 0.3) is 5.91 Å². The molecule has 2 heteroatoms. The Morgan fingerprint density at radius 3 is 2.39 bits per heavy atom. The van der Waals surface area contributed by atoms with Crippen LogP contribution in [0.25, 0.3) is 0 Å². The zero-order valence-corrected chi connectivity index (χ0v) is 11.8. The number of hydrogen-bond acceptors (Lipinski definition) is 1. The third kappa shape index (κ3) is 2.43. The molecule has 0 bridgehead atoms. The van der Waals surface area contributed by atoms with E-state index in [4.69, 9.17) is 0 Å². The van der Waals surface area contributed by atoms with Gasteiger partial charge in [0.05, 0.1) is 0 Å². The molecule has 0 aliphatic carbocycles. The lowest BCUT2D eigenvalue weighted by Gasteiger charge is -2.26. The number of carbonyl (C=O) groups excluding carboxylic acids is 1. The molecule has 0 N–H and O–H groups in total. The lowest BCUT2D eigenvalue weighted by Crippen LogP contribution is -2.38. The van der Waals surface area contributed by atoms with Crippen LogP contribution >= 0.6 is 0 Å². The maximum absolute atomic E-state index is 12.6. The quantitative estimate of drug-likeness (QED) is 0.775. The fraction of sp³-hybridized carbons (Fsp3) is 0.562. The van der Waals surface area contributed by atoms with E-state index in [-0.39, 0.29) is 5.91 Å². The molecule has 1 saturated heterocycles. The molecule has 0 radical (unpaired) electrons. The van der Waals surface area contributed by atoms with Crippen LogP contribution in [0.3, 0.4) is 0 Å². The number of nitrogens with zero attached hydrogens (tertiary/aromatic N) is 1. The highest BCUT2D eigenvalue weighted by molar-refractivity contribution is 5.95. The maximum Gasteiger partial charge on any atom is 0.254 e. The Labute approximate surface area is 110 Å². The zero-order valence-electron chi connectivity index (χ0n) is 11.8. The Hall–Kier alpha value is -1.31. The van der Waals surface area contributed by atoms with Crippen molar-refractivity contribution in [1.82, 2.24) is 4.90 Å². The largest absolute Gasteiger partial charge is 0.333 e. The van der Waals surface area contributed by atoms with Crippen molar-refractivity contribution in [2.45, 2.75) is 58.5 Å². The van der Waals surface area contributed by atoms with Crippen molar-refractivity contribution < 1.29 is 4.79 Å². The van der Waals surface area contributed by atoms with Crippen molar-refractivity contribution in [3.05, 3.63) is 35.4 Å². The van der Waals surface area contributed by atoms with Gasteiger partial charge in [0.2, 0.25) is 0 Å². The Morgan fingerprint density at radius 1 is 1.22 bits per heavy atom. The number of benzene rings is 1. The van der Waals surface area contributed by atoms with Gasteiger partial charge in [-0.3, -0.25) is 4.79 Å². The van der Waals surface area contributed by atoms with E-state index < -0.39 is 0 Å². The highest BCUT2D eigenvalue weighted by Crippen LogP contribution is 2.26. The van der Waals surface area contributed by atoms with Gasteiger partial charge in [0.15, 0.2) is 0 Å². The van der Waals surface area contributed by atoms with Gasteiger partial charge < -0.3 is 4.90 Å². The van der Waals surface area contributed by atoms with Crippen molar-refractivity contribution in [3.8, 4) is 0 Å². The van der Waals surface area contributed by atoms with Gasteiger partial charge in [-0.2, -0.15) is 0 Å². The van der Waals surface area contributed by atoms with Crippen LogP contribution in [0.15, 0.2) is 24.3 Å². The Morgan fingerprint density at radius 2 is 1.83 bits per heavy atom. The molecule has 1 aliphatic heterocycles. The van der Waals surface area contributed by atoms with Crippen LogP contribution in [0.1, 0.15) is 62.4 Å². The van der Waals surface area contributed by atoms with Crippen LogP contribution in [0.2, 0.25) is 0 Å². The molecule has 98 valence electrons. The minimum atomic E-state index is 0.190. The fourth-order valence-electron chi connectivity index (χ4n) is 2.78. The fourth-order valence-corrected chi connectivity index (χ4v) is 2.78. The standard InChI is InChI=1S/C16H23NO/c1-11(2)14-6-5-7-15(10-14)16(18)17-12(3)8-9-13(17)4/h5-7,10-13H,8-9H2,1-4H3/t12-,13-/m1/s1. The van der Waals surface area contributed by atoms with Crippen LogP contribution in [0.4, 0.5) is 0 Å². The van der Waals surface area contributed by atoms with Gasteiger partial charge in [0.1, 0.15) is 0 Å². The van der Waals surface area contributed by atoms with Crippen molar-refractivity contribution in [2.75, 3.05) is 0 Å². The first-order chi connectivity index (χ1) is 8.50. The molecule has 0 unspecified atom stereocenters. The van der Waals surface area contributed by atoms with E-state index in [9.17, 15) is 4.79 Å². The molecule has 0 spiro atoms. The van der Waals surface area contributed by atoms with Gasteiger partial charge in [-0.25, -0.2) is 0 Å². The molecule has 1 amide bonds. The average Bonchev–Trinajstić information content (AvgIpc) is 2.68. The molecule has 1 aliphatic rings. The highest BCUT2D eigenvalue weighted by Gasteiger charge is 2.31. The maximum atomic E-state index is 12.6. The first-order valence-electron chi connectivity index (χ1n) is 6.93. The Bertz CT molecular complexity index is 428. The first-order valence-corrected chi connectivity index (χ1v) is 6.93. The van der Waals surface area contributed by atoms with Crippen LogP contribution in [0, 0.1) is 0 Å². The lowest BCUT2D eigenvalue weighted by molar-refractivity contribution is 0.0692. The van der Waals surface area contributed by atoms with Crippen LogP contribution in [0.5, 0.6) is 0 Å². The van der Waals surface area contributed by atoms with Gasteiger partial charge in [-0.15, -0.1) is 0 Å². The van der Waals surface area contributed by atoms with Crippen molar-refractivity contribution in [2.24, 2.45) is 0 Å². The van der Waals surface area contributed by atoms with Crippen LogP contribution in [-0.4, -0.2) is 22.9 Å². The highest BCUT2D eigenvalue weighted by atomic mass is 16.2. The summed E-state index contributed by atoms with van der Waals surface area (Å²) in [5.41, 5.74) is 2.07. The lowest BCUT2D eigenvalue weighted by atomic mass is 10.0. The van der Waals surface area contributed by atoms with E-state index in [2.05, 4.69) is 33.8 Å². The zero-order chi connectivity index (χ0) is 13.3. The number of likely N-dealkylation sites (tertiary alicyclic amines) is 1. The van der Waals surface area contributed by atoms with Crippen LogP contribution < -0.4 is 0 Å². The van der Waals surface area contributed by atoms with Gasteiger partial charge in [-0.05, 0) is 50.3 Å². The van der Waals surface area contributed by atoms with Crippen LogP contribution in [-0.2, 0) is 0 Å². The van der Waals surface area contributed by atoms with Gasteiger partial charge in [0, 0.05) is 17.6 Å². The van der Waals surface area contributed by atoms with E-state index in [0.717, 1.165) is 18.4 Å². The second kappa shape index (κ2) is 5.13. The summed E-state index contributed by atoms with van der Waals surface area (Å²) in [6.45, 7) is 8.61. The number of amides is 1. The molecule has 2 rings (SSSR count). The molecular formula is C16H23NO. The predicted molar refractivity (Wildman–Crippen MR) is 74.9 cm³/mol. The third-order valence-corrected chi connectivity index (χ3v) is 3.99. The summed E-state index contributed by atoms with van der Waals surface area (Å²) in [7, 11) is 0. The number of rotatable bonds is 2. The Balaban J connectivity index is 2.26. The monoisotopic (exact) mass is 245 g/mol. The van der Waals surface area contributed by atoms with E-state index in [0.29, 0.717) is 18.0 Å². The summed E-state index contributed by atoms with van der Waals surface area (Å²) in [5.74, 6) is 0.654. The number of carbonyl (C=O) groups is 1. The molecule has 1 aromatic rings. The summed E-state index contributed by atoms with van der Waals surface area (Å²) in [4.78, 5) is 14.6. The van der Waals surface area contributed by atoms with Gasteiger partial charge in [-0.1, -0.05) is 26.0 Å². The molecule has 2 atom stereocenters. The first kappa shape index (κ1) is 13.1. The Kier molecular flexibility index (Phi) is 3.74. The third-order valence-electron chi connectivity index (χ3n) is 3.99.